The first kappa shape index (κ1) is 23.0. The van der Waals surface area contributed by atoms with Gasteiger partial charge in [-0.05, 0) is 49.9 Å². The Labute approximate surface area is 183 Å². The third-order valence-electron chi connectivity index (χ3n) is 4.64. The van der Waals surface area contributed by atoms with Crippen molar-refractivity contribution < 1.29 is 9.90 Å². The summed E-state index contributed by atoms with van der Waals surface area (Å²) in [6, 6.07) is 5.58. The molecule has 1 aromatic heterocycles. The topological polar surface area (TPSA) is 75.1 Å². The van der Waals surface area contributed by atoms with Gasteiger partial charge in [0.05, 0.1) is 0 Å². The minimum atomic E-state index is -0.949. The van der Waals surface area contributed by atoms with E-state index in [0.717, 1.165) is 34.1 Å². The van der Waals surface area contributed by atoms with Gasteiger partial charge in [-0.15, -0.1) is 0 Å². The number of rotatable bonds is 9. The molecule has 1 aromatic carbocycles. The molecule has 0 bridgehead atoms. The molecular formula is C20H25BrClN3O2S. The van der Waals surface area contributed by atoms with Gasteiger partial charge in [0.1, 0.15) is 15.7 Å². The van der Waals surface area contributed by atoms with Gasteiger partial charge in [0.2, 0.25) is 0 Å². The predicted molar refractivity (Wildman–Crippen MR) is 120 cm³/mol. The van der Waals surface area contributed by atoms with E-state index in [-0.39, 0.29) is 5.15 Å². The normalized spacial score (nSPS) is 11.5. The van der Waals surface area contributed by atoms with Gasteiger partial charge < -0.3 is 10.4 Å². The van der Waals surface area contributed by atoms with Crippen LogP contribution in [0.5, 0.6) is 0 Å². The molecule has 0 aliphatic carbocycles. The predicted octanol–water partition coefficient (Wildman–Crippen LogP) is 6.77. The maximum absolute atomic E-state index is 12.1. The number of carboxylic acid groups (broad SMARTS) is 1. The Kier molecular flexibility index (Phi) is 8.16. The molecule has 0 saturated carbocycles. The third-order valence-corrected chi connectivity index (χ3v) is 7.03. The first-order valence-electron chi connectivity index (χ1n) is 9.22. The van der Waals surface area contributed by atoms with Gasteiger partial charge in [0, 0.05) is 16.2 Å². The number of halogens is 2. The van der Waals surface area contributed by atoms with Crippen LogP contribution in [-0.4, -0.2) is 25.8 Å². The van der Waals surface area contributed by atoms with E-state index in [1.165, 1.54) is 11.8 Å². The number of aliphatic carboxylic acids is 1. The van der Waals surface area contributed by atoms with Crippen LogP contribution in [0.2, 0.25) is 5.15 Å². The van der Waals surface area contributed by atoms with Crippen LogP contribution in [0.3, 0.4) is 0 Å². The monoisotopic (exact) mass is 485 g/mol. The van der Waals surface area contributed by atoms with E-state index < -0.39 is 10.7 Å². The van der Waals surface area contributed by atoms with Crippen molar-refractivity contribution in [2.75, 3.05) is 5.32 Å². The zero-order valence-electron chi connectivity index (χ0n) is 16.5. The zero-order valence-corrected chi connectivity index (χ0v) is 19.6. The molecule has 2 N–H and O–H groups in total. The molecule has 0 unspecified atom stereocenters. The van der Waals surface area contributed by atoms with Gasteiger partial charge in [0.25, 0.3) is 0 Å². The lowest BCUT2D eigenvalue weighted by Crippen LogP contribution is -2.35. The van der Waals surface area contributed by atoms with Crippen LogP contribution in [0.4, 0.5) is 11.5 Å². The highest BCUT2D eigenvalue weighted by atomic mass is 79.9. The van der Waals surface area contributed by atoms with Gasteiger partial charge in [-0.25, -0.2) is 9.97 Å². The minimum Gasteiger partial charge on any atom is -0.480 e. The maximum Gasteiger partial charge on any atom is 0.320 e. The Morgan fingerprint density at radius 2 is 1.86 bits per heavy atom. The van der Waals surface area contributed by atoms with E-state index in [0.29, 0.717) is 23.8 Å². The fourth-order valence-corrected chi connectivity index (χ4v) is 5.03. The molecule has 0 saturated heterocycles. The molecule has 0 atom stereocenters. The Hall–Kier alpha value is -1.31. The van der Waals surface area contributed by atoms with Crippen molar-refractivity contribution in [3.05, 3.63) is 39.0 Å². The van der Waals surface area contributed by atoms with Crippen molar-refractivity contribution in [3.8, 4) is 0 Å². The first-order valence-corrected chi connectivity index (χ1v) is 11.2. The molecule has 8 heteroatoms. The number of aromatic nitrogens is 2. The number of nitrogens with one attached hydrogen (secondary N) is 1. The lowest BCUT2D eigenvalue weighted by molar-refractivity contribution is -0.140. The van der Waals surface area contributed by atoms with Gasteiger partial charge in [-0.1, -0.05) is 66.0 Å². The number of carbonyl (C=O) groups is 1. The van der Waals surface area contributed by atoms with E-state index in [4.69, 9.17) is 11.6 Å². The number of hydrogen-bond acceptors (Lipinski definition) is 5. The van der Waals surface area contributed by atoms with Crippen LogP contribution >= 0.6 is 39.3 Å². The molecule has 152 valence electrons. The highest BCUT2D eigenvalue weighted by Crippen LogP contribution is 2.40. The van der Waals surface area contributed by atoms with Gasteiger partial charge in [-0.3, -0.25) is 4.79 Å². The molecule has 0 amide bonds. The zero-order chi connectivity index (χ0) is 20.9. The Balaban J connectivity index is 2.37. The Bertz CT molecular complexity index is 858. The second-order valence-electron chi connectivity index (χ2n) is 6.73. The SMILES string of the molecule is CCCC(CCC)(Sc1nc(Cl)cc(Nc2ccc(Br)c(C)c2C)n1)C(=O)O. The van der Waals surface area contributed by atoms with E-state index in [1.807, 2.05) is 39.8 Å². The highest BCUT2D eigenvalue weighted by molar-refractivity contribution is 9.10. The van der Waals surface area contributed by atoms with Crippen LogP contribution in [0.25, 0.3) is 0 Å². The molecule has 2 rings (SSSR count). The van der Waals surface area contributed by atoms with E-state index >= 15 is 0 Å². The smallest absolute Gasteiger partial charge is 0.320 e. The Morgan fingerprint density at radius 1 is 1.21 bits per heavy atom. The third kappa shape index (κ3) is 5.39. The van der Waals surface area contributed by atoms with Gasteiger partial charge in [0.15, 0.2) is 5.16 Å². The van der Waals surface area contributed by atoms with E-state index in [2.05, 4.69) is 31.2 Å². The summed E-state index contributed by atoms with van der Waals surface area (Å²) in [5.41, 5.74) is 3.14. The number of hydrogen-bond donors (Lipinski definition) is 2. The largest absolute Gasteiger partial charge is 0.480 e. The van der Waals surface area contributed by atoms with Crippen LogP contribution in [0, 0.1) is 13.8 Å². The fraction of sp³-hybridized carbons (Fsp3) is 0.450. The lowest BCUT2D eigenvalue weighted by Gasteiger charge is -2.27. The molecule has 0 aliphatic rings. The summed E-state index contributed by atoms with van der Waals surface area (Å²) in [5.74, 6) is -0.293. The van der Waals surface area contributed by atoms with Crippen LogP contribution in [-0.2, 0) is 4.79 Å². The van der Waals surface area contributed by atoms with Crippen molar-refractivity contribution in [3.63, 3.8) is 0 Å². The number of carboxylic acids is 1. The summed E-state index contributed by atoms with van der Waals surface area (Å²) < 4.78 is 0.0909. The molecule has 0 spiro atoms. The van der Waals surface area contributed by atoms with Gasteiger partial charge in [-0.2, -0.15) is 0 Å². The van der Waals surface area contributed by atoms with Crippen LogP contribution < -0.4 is 5.32 Å². The fourth-order valence-electron chi connectivity index (χ4n) is 3.03. The molecule has 0 fully saturated rings. The summed E-state index contributed by atoms with van der Waals surface area (Å²) in [6.07, 6.45) is 2.62. The van der Waals surface area contributed by atoms with Crippen LogP contribution in [0.1, 0.15) is 50.7 Å². The molecule has 0 radical (unpaired) electrons. The second kappa shape index (κ2) is 9.94. The molecule has 2 aromatic rings. The lowest BCUT2D eigenvalue weighted by atomic mass is 9.97. The highest BCUT2D eigenvalue weighted by Gasteiger charge is 2.39. The average molecular weight is 487 g/mol. The molecular weight excluding hydrogens is 462 g/mol. The second-order valence-corrected chi connectivity index (χ2v) is 9.32. The van der Waals surface area contributed by atoms with E-state index in [1.54, 1.807) is 6.07 Å². The first-order chi connectivity index (χ1) is 13.2. The number of thioether (sulfide) groups is 1. The van der Waals surface area contributed by atoms with Gasteiger partial charge >= 0.3 is 5.97 Å². The summed E-state index contributed by atoms with van der Waals surface area (Å²) in [7, 11) is 0. The van der Waals surface area contributed by atoms with Crippen LogP contribution in [0.15, 0.2) is 27.8 Å². The van der Waals surface area contributed by atoms with Crippen molar-refractivity contribution in [2.24, 2.45) is 0 Å². The molecule has 28 heavy (non-hydrogen) atoms. The number of benzene rings is 1. The number of nitrogens with zero attached hydrogens (tertiary/aromatic N) is 2. The summed E-state index contributed by atoms with van der Waals surface area (Å²) >= 11 is 10.9. The quantitative estimate of drug-likeness (QED) is 0.231. The maximum atomic E-state index is 12.1. The Morgan fingerprint density at radius 3 is 2.43 bits per heavy atom. The van der Waals surface area contributed by atoms with Crippen molar-refractivity contribution in [1.29, 1.82) is 0 Å². The summed E-state index contributed by atoms with van der Waals surface area (Å²) in [4.78, 5) is 20.9. The molecule has 1 heterocycles. The molecule has 0 aliphatic heterocycles. The minimum absolute atomic E-state index is 0.277. The summed E-state index contributed by atoms with van der Waals surface area (Å²) in [6.45, 7) is 8.03. The van der Waals surface area contributed by atoms with E-state index in [9.17, 15) is 9.90 Å². The molecule has 5 nitrogen and oxygen atoms in total. The summed E-state index contributed by atoms with van der Waals surface area (Å²) in [5, 5.41) is 13.8. The average Bonchev–Trinajstić information content (AvgIpc) is 2.62. The van der Waals surface area contributed by atoms with Crippen molar-refractivity contribution in [1.82, 2.24) is 9.97 Å². The van der Waals surface area contributed by atoms with Crippen molar-refractivity contribution in [2.45, 2.75) is 63.3 Å². The number of anilines is 2. The van der Waals surface area contributed by atoms with Crippen molar-refractivity contribution >= 4 is 56.8 Å². The standard InChI is InChI=1S/C20H25BrClN3O2S/c1-5-9-20(10-6-2,18(26)27)28-19-24-16(22)11-17(25-19)23-15-8-7-14(21)12(3)13(15)4/h7-8,11H,5-6,9-10H2,1-4H3,(H,26,27)(H,23,24,25).